The number of carbonyl (C=O) groups is 1. The molecular weight excluding hydrogens is 388 g/mol. The van der Waals surface area contributed by atoms with Gasteiger partial charge in [-0.2, -0.15) is 0 Å². The van der Waals surface area contributed by atoms with Crippen molar-refractivity contribution in [3.05, 3.63) is 53.1 Å². The lowest BCUT2D eigenvalue weighted by molar-refractivity contribution is -0.127. The Labute approximate surface area is 173 Å². The van der Waals surface area contributed by atoms with E-state index in [1.165, 1.54) is 12.1 Å². The molecule has 0 aliphatic carbocycles. The van der Waals surface area contributed by atoms with E-state index < -0.39 is 16.1 Å². The van der Waals surface area contributed by atoms with Gasteiger partial charge < -0.3 is 10.1 Å². The second-order valence-electron chi connectivity index (χ2n) is 7.75. The molecule has 0 radical (unpaired) electrons. The summed E-state index contributed by atoms with van der Waals surface area (Å²) in [5.41, 5.74) is 3.40. The molecule has 0 aliphatic rings. The molecule has 0 saturated carbocycles. The van der Waals surface area contributed by atoms with E-state index in [1.54, 1.807) is 19.1 Å². The molecule has 158 valence electrons. The minimum atomic E-state index is -3.74. The molecule has 0 aliphatic heterocycles. The van der Waals surface area contributed by atoms with E-state index in [-0.39, 0.29) is 10.8 Å². The number of sulfonamides is 1. The molecule has 0 aromatic heterocycles. The number of hydrogen-bond acceptors (Lipinski definition) is 4. The summed E-state index contributed by atoms with van der Waals surface area (Å²) < 4.78 is 33.8. The molecule has 2 rings (SSSR count). The molecule has 0 unspecified atom stereocenters. The smallest absolute Gasteiger partial charge is 0.261 e. The predicted octanol–water partition coefficient (Wildman–Crippen LogP) is 3.95. The molecular formula is C22H30N2O4S. The van der Waals surface area contributed by atoms with Crippen molar-refractivity contribution in [3.63, 3.8) is 0 Å². The van der Waals surface area contributed by atoms with Crippen molar-refractivity contribution < 1.29 is 17.9 Å². The van der Waals surface area contributed by atoms with Crippen molar-refractivity contribution in [1.29, 1.82) is 0 Å². The maximum atomic E-state index is 12.8. The standard InChI is InChI=1S/C22H30N2O4S/c1-14(2)13-23-22(25)18(6)28-19-7-9-20(10-8-19)29(26,27)24-21-16(4)11-15(3)12-17(21)5/h7-12,14,18,24H,13H2,1-6H3,(H,23,25)/t18-/m1/s1. The fourth-order valence-electron chi connectivity index (χ4n) is 2.94. The molecule has 6 nitrogen and oxygen atoms in total. The van der Waals surface area contributed by atoms with Gasteiger partial charge in [-0.3, -0.25) is 9.52 Å². The van der Waals surface area contributed by atoms with Crippen LogP contribution in [0.1, 0.15) is 37.5 Å². The van der Waals surface area contributed by atoms with Gasteiger partial charge in [-0.1, -0.05) is 31.5 Å². The highest BCUT2D eigenvalue weighted by atomic mass is 32.2. The number of amides is 1. The molecule has 2 aromatic rings. The lowest BCUT2D eigenvalue weighted by Gasteiger charge is -2.16. The monoisotopic (exact) mass is 418 g/mol. The zero-order valence-electron chi connectivity index (χ0n) is 17.9. The summed E-state index contributed by atoms with van der Waals surface area (Å²) >= 11 is 0. The van der Waals surface area contributed by atoms with Gasteiger partial charge >= 0.3 is 0 Å². The Kier molecular flexibility index (Phi) is 7.30. The van der Waals surface area contributed by atoms with Gasteiger partial charge in [0.2, 0.25) is 0 Å². The van der Waals surface area contributed by atoms with Crippen molar-refractivity contribution >= 4 is 21.6 Å². The van der Waals surface area contributed by atoms with E-state index in [4.69, 9.17) is 4.74 Å². The number of anilines is 1. The van der Waals surface area contributed by atoms with Crippen molar-refractivity contribution in [2.45, 2.75) is 52.5 Å². The van der Waals surface area contributed by atoms with Gasteiger partial charge in [0.05, 0.1) is 10.6 Å². The van der Waals surface area contributed by atoms with Gasteiger partial charge in [0.15, 0.2) is 6.10 Å². The minimum absolute atomic E-state index is 0.126. The zero-order chi connectivity index (χ0) is 21.8. The maximum Gasteiger partial charge on any atom is 0.261 e. The largest absolute Gasteiger partial charge is 0.481 e. The van der Waals surface area contributed by atoms with E-state index in [1.807, 2.05) is 46.8 Å². The first-order valence-electron chi connectivity index (χ1n) is 9.64. The van der Waals surface area contributed by atoms with E-state index in [2.05, 4.69) is 10.0 Å². The third-order valence-corrected chi connectivity index (χ3v) is 5.78. The van der Waals surface area contributed by atoms with Crippen LogP contribution in [0, 0.1) is 26.7 Å². The van der Waals surface area contributed by atoms with E-state index in [0.717, 1.165) is 16.7 Å². The fourth-order valence-corrected chi connectivity index (χ4v) is 4.14. The van der Waals surface area contributed by atoms with Gasteiger partial charge in [-0.15, -0.1) is 0 Å². The molecule has 2 N–H and O–H groups in total. The number of aryl methyl sites for hydroxylation is 3. The lowest BCUT2D eigenvalue weighted by Crippen LogP contribution is -2.38. The van der Waals surface area contributed by atoms with Crippen LogP contribution >= 0.6 is 0 Å². The minimum Gasteiger partial charge on any atom is -0.481 e. The fraction of sp³-hybridized carbons (Fsp3) is 0.409. The SMILES string of the molecule is Cc1cc(C)c(NS(=O)(=O)c2ccc(O[C@H](C)C(=O)NCC(C)C)cc2)c(C)c1. The van der Waals surface area contributed by atoms with E-state index in [0.29, 0.717) is 23.9 Å². The van der Waals surface area contributed by atoms with Crippen LogP contribution in [-0.2, 0) is 14.8 Å². The number of ether oxygens (including phenoxy) is 1. The number of benzene rings is 2. The zero-order valence-corrected chi connectivity index (χ0v) is 18.7. The molecule has 29 heavy (non-hydrogen) atoms. The normalized spacial score (nSPS) is 12.5. The predicted molar refractivity (Wildman–Crippen MR) is 116 cm³/mol. The van der Waals surface area contributed by atoms with Crippen LogP contribution in [0.5, 0.6) is 5.75 Å². The summed E-state index contributed by atoms with van der Waals surface area (Å²) in [5.74, 6) is 0.574. The second kappa shape index (κ2) is 9.31. The average molecular weight is 419 g/mol. The van der Waals surface area contributed by atoms with Crippen molar-refractivity contribution in [2.24, 2.45) is 5.92 Å². The third kappa shape index (κ3) is 6.22. The number of nitrogens with one attached hydrogen (secondary N) is 2. The highest BCUT2D eigenvalue weighted by molar-refractivity contribution is 7.92. The number of hydrogen-bond donors (Lipinski definition) is 2. The first-order valence-corrected chi connectivity index (χ1v) is 11.1. The van der Waals surface area contributed by atoms with Gasteiger partial charge in [0.25, 0.3) is 15.9 Å². The Morgan fingerprint density at radius 1 is 1.00 bits per heavy atom. The van der Waals surface area contributed by atoms with E-state index >= 15 is 0 Å². The highest BCUT2D eigenvalue weighted by Crippen LogP contribution is 2.26. The van der Waals surface area contributed by atoms with Crippen molar-refractivity contribution in [2.75, 3.05) is 11.3 Å². The molecule has 2 aromatic carbocycles. The summed E-state index contributed by atoms with van der Waals surface area (Å²) in [4.78, 5) is 12.2. The van der Waals surface area contributed by atoms with Crippen LogP contribution in [0.3, 0.4) is 0 Å². The number of rotatable bonds is 8. The molecule has 0 heterocycles. The van der Waals surface area contributed by atoms with E-state index in [9.17, 15) is 13.2 Å². The number of carbonyl (C=O) groups excluding carboxylic acids is 1. The summed E-state index contributed by atoms with van der Waals surface area (Å²) in [7, 11) is -3.74. The molecule has 1 atom stereocenters. The molecule has 0 spiro atoms. The van der Waals surface area contributed by atoms with Gasteiger partial charge in [-0.05, 0) is 69.0 Å². The average Bonchev–Trinajstić information content (AvgIpc) is 2.63. The van der Waals surface area contributed by atoms with Gasteiger partial charge in [-0.25, -0.2) is 8.42 Å². The lowest BCUT2D eigenvalue weighted by atomic mass is 10.1. The van der Waals surface area contributed by atoms with Crippen LogP contribution < -0.4 is 14.8 Å². The Morgan fingerprint density at radius 2 is 1.55 bits per heavy atom. The second-order valence-corrected chi connectivity index (χ2v) is 9.43. The molecule has 0 fully saturated rings. The van der Waals surface area contributed by atoms with Crippen molar-refractivity contribution in [1.82, 2.24) is 5.32 Å². The Hall–Kier alpha value is -2.54. The van der Waals surface area contributed by atoms with Crippen LogP contribution in [0.4, 0.5) is 5.69 Å². The molecule has 7 heteroatoms. The molecule has 0 saturated heterocycles. The van der Waals surface area contributed by atoms with Gasteiger partial charge in [0, 0.05) is 6.54 Å². The summed E-state index contributed by atoms with van der Waals surface area (Å²) in [6, 6.07) is 9.91. The first-order chi connectivity index (χ1) is 13.5. The quantitative estimate of drug-likeness (QED) is 0.680. The van der Waals surface area contributed by atoms with Crippen LogP contribution in [0.25, 0.3) is 0 Å². The van der Waals surface area contributed by atoms with Crippen LogP contribution in [-0.4, -0.2) is 27.0 Å². The Bertz CT molecular complexity index is 944. The molecule has 1 amide bonds. The first kappa shape index (κ1) is 22.7. The van der Waals surface area contributed by atoms with Crippen LogP contribution in [0.2, 0.25) is 0 Å². The summed E-state index contributed by atoms with van der Waals surface area (Å²) in [6.07, 6.45) is -0.674. The maximum absolute atomic E-state index is 12.8. The summed E-state index contributed by atoms with van der Waals surface area (Å²) in [5, 5.41) is 2.81. The van der Waals surface area contributed by atoms with Crippen LogP contribution in [0.15, 0.2) is 41.3 Å². The van der Waals surface area contributed by atoms with Gasteiger partial charge in [0.1, 0.15) is 5.75 Å². The van der Waals surface area contributed by atoms with Crippen molar-refractivity contribution in [3.8, 4) is 5.75 Å². The highest BCUT2D eigenvalue weighted by Gasteiger charge is 2.18. The Balaban J connectivity index is 2.10. The summed E-state index contributed by atoms with van der Waals surface area (Å²) in [6.45, 7) is 12.0. The third-order valence-electron chi connectivity index (χ3n) is 4.41. The topological polar surface area (TPSA) is 84.5 Å². The molecule has 0 bridgehead atoms. The Morgan fingerprint density at radius 3 is 2.07 bits per heavy atom.